The summed E-state index contributed by atoms with van der Waals surface area (Å²) >= 11 is 1.59. The van der Waals surface area contributed by atoms with E-state index in [1.54, 1.807) is 11.3 Å². The smallest absolute Gasteiger partial charge is 0.260 e. The molecule has 0 saturated heterocycles. The van der Waals surface area contributed by atoms with E-state index in [1.165, 1.54) is 11.1 Å². The topological polar surface area (TPSA) is 49.0 Å². The Kier molecular flexibility index (Phi) is 5.11. The molecule has 4 rings (SSSR count). The van der Waals surface area contributed by atoms with Gasteiger partial charge in [-0.3, -0.25) is 9.69 Å². The third-order valence-corrected chi connectivity index (χ3v) is 5.84. The van der Waals surface area contributed by atoms with Gasteiger partial charge in [0.2, 0.25) is 0 Å². The molecule has 0 spiro atoms. The number of fused-ring (bicyclic) bond motifs is 1. The summed E-state index contributed by atoms with van der Waals surface area (Å²) in [5, 5.41) is 0.695. The normalized spacial score (nSPS) is 11.4. The second-order valence-electron chi connectivity index (χ2n) is 7.25. The molecule has 28 heavy (non-hydrogen) atoms. The van der Waals surface area contributed by atoms with Crippen molar-refractivity contribution >= 4 is 21.6 Å². The molecule has 0 bridgehead atoms. The van der Waals surface area contributed by atoms with E-state index in [0.29, 0.717) is 17.8 Å². The van der Waals surface area contributed by atoms with E-state index in [9.17, 15) is 4.79 Å². The van der Waals surface area contributed by atoms with Crippen LogP contribution < -0.4 is 5.56 Å². The minimum Gasteiger partial charge on any atom is -0.309 e. The maximum absolute atomic E-state index is 12.9. The van der Waals surface area contributed by atoms with Gasteiger partial charge in [-0.2, -0.15) is 0 Å². The van der Waals surface area contributed by atoms with Crippen LogP contribution in [0.15, 0.2) is 59.4 Å². The Labute approximate surface area is 168 Å². The second-order valence-corrected chi connectivity index (χ2v) is 8.45. The number of aromatic nitrogens is 2. The van der Waals surface area contributed by atoms with Crippen molar-refractivity contribution in [1.29, 1.82) is 0 Å². The minimum atomic E-state index is -0.0620. The average molecular weight is 390 g/mol. The molecule has 5 heteroatoms. The number of nitrogens with zero attached hydrogens (tertiary/aromatic N) is 2. The standard InChI is InChI=1S/C23H23N3OS/c1-15-9-11-18(12-10-15)20-16(2)28-23-21(20)22(27)24-19(25-23)14-26(3)13-17-7-5-4-6-8-17/h4-12H,13-14H2,1-3H3,(H,24,25,27). The molecular formula is C23H23N3OS. The fourth-order valence-corrected chi connectivity index (χ4v) is 4.58. The monoisotopic (exact) mass is 389 g/mol. The first-order valence-corrected chi connectivity index (χ1v) is 10.1. The van der Waals surface area contributed by atoms with E-state index in [1.807, 2.05) is 25.2 Å². The molecule has 2 aromatic heterocycles. The van der Waals surface area contributed by atoms with Gasteiger partial charge < -0.3 is 4.98 Å². The summed E-state index contributed by atoms with van der Waals surface area (Å²) in [6.07, 6.45) is 0. The molecule has 0 saturated carbocycles. The number of hydrogen-bond donors (Lipinski definition) is 1. The molecule has 2 aromatic carbocycles. The number of rotatable bonds is 5. The van der Waals surface area contributed by atoms with Gasteiger partial charge in [-0.1, -0.05) is 60.2 Å². The number of aryl methyl sites for hydroxylation is 2. The van der Waals surface area contributed by atoms with Crippen molar-refractivity contribution in [3.8, 4) is 11.1 Å². The fraction of sp³-hybridized carbons (Fsp3) is 0.217. The van der Waals surface area contributed by atoms with Crippen LogP contribution in [0.1, 0.15) is 21.8 Å². The molecule has 0 aliphatic carbocycles. The van der Waals surface area contributed by atoms with Crippen LogP contribution in [0.25, 0.3) is 21.3 Å². The highest BCUT2D eigenvalue weighted by Crippen LogP contribution is 2.35. The maximum Gasteiger partial charge on any atom is 0.260 e. The van der Waals surface area contributed by atoms with Crippen LogP contribution in [0, 0.1) is 13.8 Å². The van der Waals surface area contributed by atoms with E-state index in [-0.39, 0.29) is 5.56 Å². The molecule has 0 fully saturated rings. The van der Waals surface area contributed by atoms with Gasteiger partial charge >= 0.3 is 0 Å². The molecule has 0 radical (unpaired) electrons. The first kappa shape index (κ1) is 18.6. The number of H-pyrrole nitrogens is 1. The highest BCUT2D eigenvalue weighted by molar-refractivity contribution is 7.19. The number of nitrogens with one attached hydrogen (secondary N) is 1. The van der Waals surface area contributed by atoms with Gasteiger partial charge in [0.05, 0.1) is 11.9 Å². The molecule has 2 heterocycles. The fourth-order valence-electron chi connectivity index (χ4n) is 3.51. The molecule has 0 aliphatic rings. The summed E-state index contributed by atoms with van der Waals surface area (Å²) in [7, 11) is 2.04. The van der Waals surface area contributed by atoms with Gasteiger partial charge in [0.25, 0.3) is 5.56 Å². The van der Waals surface area contributed by atoms with Crippen molar-refractivity contribution in [1.82, 2.24) is 14.9 Å². The van der Waals surface area contributed by atoms with Crippen LogP contribution >= 0.6 is 11.3 Å². The minimum absolute atomic E-state index is 0.0620. The Morgan fingerprint density at radius 2 is 1.71 bits per heavy atom. The van der Waals surface area contributed by atoms with Crippen LogP contribution in [0.2, 0.25) is 0 Å². The largest absolute Gasteiger partial charge is 0.309 e. The lowest BCUT2D eigenvalue weighted by atomic mass is 10.0. The second kappa shape index (κ2) is 7.70. The molecule has 4 nitrogen and oxygen atoms in total. The van der Waals surface area contributed by atoms with Crippen LogP contribution in [0.4, 0.5) is 0 Å². The van der Waals surface area contributed by atoms with E-state index in [2.05, 4.69) is 60.1 Å². The predicted octanol–water partition coefficient (Wildman–Crippen LogP) is 4.90. The van der Waals surface area contributed by atoms with Crippen molar-refractivity contribution in [2.75, 3.05) is 7.05 Å². The summed E-state index contributed by atoms with van der Waals surface area (Å²) in [5.41, 5.74) is 4.44. The molecule has 0 unspecified atom stereocenters. The first-order valence-electron chi connectivity index (χ1n) is 9.33. The zero-order chi connectivity index (χ0) is 19.7. The van der Waals surface area contributed by atoms with Crippen LogP contribution in [0.3, 0.4) is 0 Å². The summed E-state index contributed by atoms with van der Waals surface area (Å²) in [5.74, 6) is 0.702. The molecule has 142 valence electrons. The number of benzene rings is 2. The third-order valence-electron chi connectivity index (χ3n) is 4.84. The van der Waals surface area contributed by atoms with Crippen molar-refractivity contribution in [2.45, 2.75) is 26.9 Å². The highest BCUT2D eigenvalue weighted by Gasteiger charge is 2.17. The predicted molar refractivity (Wildman–Crippen MR) is 117 cm³/mol. The molecule has 0 atom stereocenters. The molecule has 0 aliphatic heterocycles. The molecule has 0 amide bonds. The Balaban J connectivity index is 1.66. The zero-order valence-electron chi connectivity index (χ0n) is 16.3. The van der Waals surface area contributed by atoms with E-state index < -0.39 is 0 Å². The van der Waals surface area contributed by atoms with Crippen LogP contribution in [-0.2, 0) is 13.1 Å². The lowest BCUT2D eigenvalue weighted by Crippen LogP contribution is -2.21. The van der Waals surface area contributed by atoms with Crippen molar-refractivity contribution in [3.05, 3.63) is 86.8 Å². The Hall–Kier alpha value is -2.76. The van der Waals surface area contributed by atoms with Gasteiger partial charge in [-0.15, -0.1) is 11.3 Å². The van der Waals surface area contributed by atoms with Gasteiger partial charge in [0, 0.05) is 17.0 Å². The number of hydrogen-bond acceptors (Lipinski definition) is 4. The number of thiophene rings is 1. The Morgan fingerprint density at radius 1 is 1.00 bits per heavy atom. The molecular weight excluding hydrogens is 366 g/mol. The Morgan fingerprint density at radius 3 is 2.43 bits per heavy atom. The highest BCUT2D eigenvalue weighted by atomic mass is 32.1. The zero-order valence-corrected chi connectivity index (χ0v) is 17.1. The van der Waals surface area contributed by atoms with Crippen molar-refractivity contribution in [3.63, 3.8) is 0 Å². The van der Waals surface area contributed by atoms with Gasteiger partial charge in [-0.25, -0.2) is 4.98 Å². The van der Waals surface area contributed by atoms with E-state index in [0.717, 1.165) is 27.4 Å². The molecule has 4 aromatic rings. The van der Waals surface area contributed by atoms with Gasteiger partial charge in [-0.05, 0) is 32.0 Å². The summed E-state index contributed by atoms with van der Waals surface area (Å²) < 4.78 is 0. The number of aromatic amines is 1. The summed E-state index contributed by atoms with van der Waals surface area (Å²) in [6, 6.07) is 18.6. The van der Waals surface area contributed by atoms with Crippen molar-refractivity contribution < 1.29 is 0 Å². The van der Waals surface area contributed by atoms with E-state index >= 15 is 0 Å². The van der Waals surface area contributed by atoms with Gasteiger partial charge in [0.1, 0.15) is 10.7 Å². The summed E-state index contributed by atoms with van der Waals surface area (Å²) in [4.78, 5) is 24.7. The van der Waals surface area contributed by atoms with Gasteiger partial charge in [0.15, 0.2) is 0 Å². The van der Waals surface area contributed by atoms with Crippen LogP contribution in [-0.4, -0.2) is 21.9 Å². The van der Waals surface area contributed by atoms with Crippen LogP contribution in [0.5, 0.6) is 0 Å². The van der Waals surface area contributed by atoms with E-state index in [4.69, 9.17) is 4.98 Å². The van der Waals surface area contributed by atoms with Crippen molar-refractivity contribution in [2.24, 2.45) is 0 Å². The lowest BCUT2D eigenvalue weighted by Gasteiger charge is -2.16. The third kappa shape index (κ3) is 3.77. The Bertz CT molecular complexity index is 1160. The lowest BCUT2D eigenvalue weighted by molar-refractivity contribution is 0.311. The average Bonchev–Trinajstić information content (AvgIpc) is 2.99. The quantitative estimate of drug-likeness (QED) is 0.528. The first-order chi connectivity index (χ1) is 13.5. The SMILES string of the molecule is Cc1ccc(-c2c(C)sc3nc(CN(C)Cc4ccccc4)[nH]c(=O)c23)cc1. The molecule has 1 N–H and O–H groups in total. The maximum atomic E-state index is 12.9. The summed E-state index contributed by atoms with van der Waals surface area (Å²) in [6.45, 7) is 5.52.